The van der Waals surface area contributed by atoms with Crippen LogP contribution in [0, 0.1) is 0 Å². The summed E-state index contributed by atoms with van der Waals surface area (Å²) in [6.07, 6.45) is 0.783. The molecule has 3 aromatic rings. The zero-order chi connectivity index (χ0) is 23.0. The molecule has 0 fully saturated rings. The number of carbonyl (C=O) groups excluding carboxylic acids is 1. The lowest BCUT2D eigenvalue weighted by Gasteiger charge is -2.19. The predicted octanol–water partition coefficient (Wildman–Crippen LogP) is 3.32. The molecule has 7 heteroatoms. The molecule has 0 saturated heterocycles. The van der Waals surface area contributed by atoms with Gasteiger partial charge in [-0.2, -0.15) is 0 Å². The number of hydrogen-bond acceptors (Lipinski definition) is 4. The van der Waals surface area contributed by atoms with Crippen molar-refractivity contribution in [2.24, 2.45) is 5.14 Å². The summed E-state index contributed by atoms with van der Waals surface area (Å²) in [5.74, 6) is 0.0878. The molecule has 0 aliphatic rings. The number of nitrogens with two attached hydrogens (primary N) is 1. The molecule has 0 aliphatic heterocycles. The Kier molecular flexibility index (Phi) is 8.16. The number of carbonyl (C=O) groups is 1. The summed E-state index contributed by atoms with van der Waals surface area (Å²) in [7, 11) is -3.76. The maximum absolute atomic E-state index is 12.4. The molecule has 1 unspecified atom stereocenters. The van der Waals surface area contributed by atoms with Crippen LogP contribution in [0.1, 0.15) is 42.0 Å². The van der Waals surface area contributed by atoms with Crippen molar-refractivity contribution >= 4 is 15.9 Å². The minimum absolute atomic E-state index is 0.0565. The summed E-state index contributed by atoms with van der Waals surface area (Å²) in [6.45, 7) is 2.54. The minimum Gasteiger partial charge on any atom is -0.355 e. The molecule has 1 amide bonds. The smallest absolute Gasteiger partial charge is 0.238 e. The fourth-order valence-corrected chi connectivity index (χ4v) is 4.21. The molecule has 168 valence electrons. The highest BCUT2D eigenvalue weighted by molar-refractivity contribution is 7.89. The third kappa shape index (κ3) is 6.75. The molecular weight excluding hydrogens is 422 g/mol. The molecule has 3 aromatic carbocycles. The van der Waals surface area contributed by atoms with Crippen LogP contribution in [-0.2, 0) is 14.8 Å². The molecular formula is C25H29N3O3S. The zero-order valence-electron chi connectivity index (χ0n) is 18.1. The first-order chi connectivity index (χ1) is 15.3. The number of rotatable bonds is 10. The van der Waals surface area contributed by atoms with E-state index in [-0.39, 0.29) is 29.3 Å². The van der Waals surface area contributed by atoms with E-state index >= 15 is 0 Å². The van der Waals surface area contributed by atoms with Gasteiger partial charge in [0.05, 0.1) is 11.4 Å². The Hall–Kier alpha value is -3.00. The molecule has 0 heterocycles. The molecule has 0 aliphatic carbocycles. The number of amides is 1. The average molecular weight is 452 g/mol. The summed E-state index contributed by atoms with van der Waals surface area (Å²) in [4.78, 5) is 12.4. The van der Waals surface area contributed by atoms with Crippen LogP contribution in [0.15, 0.2) is 89.8 Å². The van der Waals surface area contributed by atoms with Crippen molar-refractivity contribution in [3.63, 3.8) is 0 Å². The maximum atomic E-state index is 12.4. The van der Waals surface area contributed by atoms with Crippen LogP contribution in [0.2, 0.25) is 0 Å². The fourth-order valence-electron chi connectivity index (χ4n) is 3.64. The molecule has 32 heavy (non-hydrogen) atoms. The quantitative estimate of drug-likeness (QED) is 0.440. The molecule has 0 spiro atoms. The fraction of sp³-hybridized carbons (Fsp3) is 0.240. The van der Waals surface area contributed by atoms with E-state index in [1.54, 1.807) is 12.1 Å². The van der Waals surface area contributed by atoms with Gasteiger partial charge in [0.25, 0.3) is 0 Å². The number of sulfonamides is 1. The summed E-state index contributed by atoms with van der Waals surface area (Å²) in [5, 5.41) is 11.3. The maximum Gasteiger partial charge on any atom is 0.238 e. The lowest BCUT2D eigenvalue weighted by molar-refractivity contribution is -0.120. The van der Waals surface area contributed by atoms with E-state index in [9.17, 15) is 13.2 Å². The SMILES string of the molecule is CC(NCC(=O)NCCC(c1ccccc1)c1ccccc1)c1cccc(S(N)(=O)=O)c1. The molecule has 0 saturated carbocycles. The monoisotopic (exact) mass is 451 g/mol. The molecule has 6 nitrogen and oxygen atoms in total. The van der Waals surface area contributed by atoms with Crippen LogP contribution >= 0.6 is 0 Å². The molecule has 3 rings (SSSR count). The van der Waals surface area contributed by atoms with E-state index in [1.165, 1.54) is 23.3 Å². The second kappa shape index (κ2) is 11.0. The van der Waals surface area contributed by atoms with Crippen LogP contribution in [0.4, 0.5) is 0 Å². The van der Waals surface area contributed by atoms with Gasteiger partial charge in [-0.1, -0.05) is 72.8 Å². The second-order valence-electron chi connectivity index (χ2n) is 7.73. The van der Waals surface area contributed by atoms with Gasteiger partial charge in [-0.25, -0.2) is 13.6 Å². The van der Waals surface area contributed by atoms with E-state index in [0.717, 1.165) is 12.0 Å². The normalized spacial score (nSPS) is 12.5. The van der Waals surface area contributed by atoms with Crippen molar-refractivity contribution < 1.29 is 13.2 Å². The number of nitrogens with one attached hydrogen (secondary N) is 2. The van der Waals surface area contributed by atoms with Crippen molar-refractivity contribution in [1.29, 1.82) is 0 Å². The Balaban J connectivity index is 1.53. The first-order valence-electron chi connectivity index (χ1n) is 10.6. The van der Waals surface area contributed by atoms with E-state index in [4.69, 9.17) is 5.14 Å². The zero-order valence-corrected chi connectivity index (χ0v) is 18.9. The Morgan fingerprint density at radius 2 is 1.44 bits per heavy atom. The van der Waals surface area contributed by atoms with Crippen molar-refractivity contribution in [3.8, 4) is 0 Å². The number of primary sulfonamides is 1. The van der Waals surface area contributed by atoms with E-state index in [1.807, 2.05) is 43.3 Å². The van der Waals surface area contributed by atoms with Crippen molar-refractivity contribution in [2.45, 2.75) is 30.2 Å². The van der Waals surface area contributed by atoms with Gasteiger partial charge in [-0.15, -0.1) is 0 Å². The Morgan fingerprint density at radius 1 is 0.875 bits per heavy atom. The predicted molar refractivity (Wildman–Crippen MR) is 127 cm³/mol. The second-order valence-corrected chi connectivity index (χ2v) is 9.29. The van der Waals surface area contributed by atoms with Gasteiger partial charge in [-0.3, -0.25) is 4.79 Å². The largest absolute Gasteiger partial charge is 0.355 e. The topological polar surface area (TPSA) is 101 Å². The molecule has 0 bridgehead atoms. The minimum atomic E-state index is -3.76. The standard InChI is InChI=1S/C25H29N3O3S/c1-19(22-13-8-14-23(17-22)32(26,30)31)28-18-25(29)27-16-15-24(20-9-4-2-5-10-20)21-11-6-3-7-12-21/h2-14,17,19,24,28H,15-16,18H2,1H3,(H,27,29)(H2,26,30,31). The first-order valence-corrected chi connectivity index (χ1v) is 12.1. The molecule has 1 atom stereocenters. The lowest BCUT2D eigenvalue weighted by Crippen LogP contribution is -2.36. The third-order valence-corrected chi connectivity index (χ3v) is 6.33. The Labute approximate surface area is 189 Å². The summed E-state index contributed by atoms with van der Waals surface area (Å²) in [5.41, 5.74) is 3.18. The van der Waals surface area contributed by atoms with Gasteiger partial charge >= 0.3 is 0 Å². The van der Waals surface area contributed by atoms with Crippen LogP contribution in [0.25, 0.3) is 0 Å². The molecule has 0 radical (unpaired) electrons. The summed E-state index contributed by atoms with van der Waals surface area (Å²) >= 11 is 0. The van der Waals surface area contributed by atoms with Gasteiger partial charge in [-0.05, 0) is 42.2 Å². The van der Waals surface area contributed by atoms with Gasteiger partial charge in [0.2, 0.25) is 15.9 Å². The average Bonchev–Trinajstić information content (AvgIpc) is 2.81. The Bertz CT molecular complexity index is 1080. The third-order valence-electron chi connectivity index (χ3n) is 5.41. The van der Waals surface area contributed by atoms with Crippen LogP contribution in [0.5, 0.6) is 0 Å². The van der Waals surface area contributed by atoms with E-state index in [2.05, 4.69) is 34.9 Å². The van der Waals surface area contributed by atoms with E-state index < -0.39 is 10.0 Å². The van der Waals surface area contributed by atoms with E-state index in [0.29, 0.717) is 6.54 Å². The van der Waals surface area contributed by atoms with Crippen LogP contribution in [0.3, 0.4) is 0 Å². The number of benzene rings is 3. The highest BCUT2D eigenvalue weighted by Crippen LogP contribution is 2.27. The van der Waals surface area contributed by atoms with Gasteiger partial charge < -0.3 is 10.6 Å². The summed E-state index contributed by atoms with van der Waals surface area (Å²) in [6, 6.07) is 26.8. The van der Waals surface area contributed by atoms with Gasteiger partial charge in [0.15, 0.2) is 0 Å². The van der Waals surface area contributed by atoms with Gasteiger partial charge in [0, 0.05) is 18.5 Å². The van der Waals surface area contributed by atoms with Crippen LogP contribution in [-0.4, -0.2) is 27.4 Å². The van der Waals surface area contributed by atoms with Crippen molar-refractivity contribution in [3.05, 3.63) is 102 Å². The first kappa shape index (κ1) is 23.7. The lowest BCUT2D eigenvalue weighted by atomic mass is 9.88. The highest BCUT2D eigenvalue weighted by Gasteiger charge is 2.15. The van der Waals surface area contributed by atoms with Crippen LogP contribution < -0.4 is 15.8 Å². The number of hydrogen-bond donors (Lipinski definition) is 3. The highest BCUT2D eigenvalue weighted by atomic mass is 32.2. The van der Waals surface area contributed by atoms with Crippen molar-refractivity contribution in [2.75, 3.05) is 13.1 Å². The molecule has 4 N–H and O–H groups in total. The Morgan fingerprint density at radius 3 is 2.00 bits per heavy atom. The van der Waals surface area contributed by atoms with Crippen molar-refractivity contribution in [1.82, 2.24) is 10.6 Å². The summed E-state index contributed by atoms with van der Waals surface area (Å²) < 4.78 is 23.1. The van der Waals surface area contributed by atoms with Gasteiger partial charge in [0.1, 0.15) is 0 Å². The molecule has 0 aromatic heterocycles.